The van der Waals surface area contributed by atoms with Gasteiger partial charge in [0.25, 0.3) is 0 Å². The van der Waals surface area contributed by atoms with E-state index >= 15 is 0 Å². The largest absolute Gasteiger partial charge is 0.282 e. The Morgan fingerprint density at radius 3 is 2.62 bits per heavy atom. The lowest BCUT2D eigenvalue weighted by Crippen LogP contribution is -2.31. The zero-order valence-electron chi connectivity index (χ0n) is 8.66. The first-order valence-electron chi connectivity index (χ1n) is 5.38. The molecule has 2 aliphatic rings. The van der Waals surface area contributed by atoms with Crippen molar-refractivity contribution in [3.63, 3.8) is 0 Å². The van der Waals surface area contributed by atoms with Gasteiger partial charge in [-0.05, 0) is 25.0 Å². The molecule has 0 atom stereocenters. The molecule has 3 nitrogen and oxygen atoms in total. The smallest absolute Gasteiger partial charge is 0.242 e. The van der Waals surface area contributed by atoms with Crippen LogP contribution in [0.5, 0.6) is 0 Å². The van der Waals surface area contributed by atoms with Crippen molar-refractivity contribution in [3.05, 3.63) is 28.8 Å². The molecule has 1 N–H and O–H groups in total. The maximum Gasteiger partial charge on any atom is 0.242 e. The van der Waals surface area contributed by atoms with E-state index in [0.717, 1.165) is 18.4 Å². The molecule has 1 aromatic carbocycles. The molecular formula is C11H12ClNO2S. The highest BCUT2D eigenvalue weighted by molar-refractivity contribution is 7.94. The number of hydrogen-bond donors (Lipinski definition) is 1. The topological polar surface area (TPSA) is 46.2 Å². The molecular weight excluding hydrogens is 246 g/mol. The van der Waals surface area contributed by atoms with Crippen LogP contribution in [0.3, 0.4) is 0 Å². The molecule has 1 saturated carbocycles. The van der Waals surface area contributed by atoms with Gasteiger partial charge >= 0.3 is 0 Å². The second-order valence-corrected chi connectivity index (χ2v) is 6.87. The van der Waals surface area contributed by atoms with Crippen molar-refractivity contribution in [1.82, 2.24) is 0 Å². The maximum absolute atomic E-state index is 12.2. The van der Waals surface area contributed by atoms with Gasteiger partial charge in [-0.3, -0.25) is 4.72 Å². The molecule has 0 unspecified atom stereocenters. The van der Waals surface area contributed by atoms with E-state index in [1.807, 2.05) is 0 Å². The van der Waals surface area contributed by atoms with Gasteiger partial charge in [-0.2, -0.15) is 0 Å². The normalized spacial score (nSPS) is 24.3. The van der Waals surface area contributed by atoms with Gasteiger partial charge in [0.1, 0.15) is 4.75 Å². The fourth-order valence-electron chi connectivity index (χ4n) is 2.91. The number of nitrogens with one attached hydrogen (secondary N) is 1. The first-order chi connectivity index (χ1) is 7.57. The van der Waals surface area contributed by atoms with Crippen molar-refractivity contribution >= 4 is 27.3 Å². The van der Waals surface area contributed by atoms with Crippen LogP contribution in [0, 0.1) is 0 Å². The summed E-state index contributed by atoms with van der Waals surface area (Å²) in [6, 6.07) is 5.33. The second-order valence-electron chi connectivity index (χ2n) is 4.47. The molecule has 1 spiro atoms. The van der Waals surface area contributed by atoms with E-state index in [1.165, 1.54) is 0 Å². The van der Waals surface area contributed by atoms with E-state index in [2.05, 4.69) is 4.72 Å². The summed E-state index contributed by atoms with van der Waals surface area (Å²) in [5.74, 6) is 0. The number of benzene rings is 1. The van der Waals surface area contributed by atoms with E-state index < -0.39 is 14.8 Å². The van der Waals surface area contributed by atoms with Crippen molar-refractivity contribution in [2.24, 2.45) is 0 Å². The molecule has 5 heteroatoms. The van der Waals surface area contributed by atoms with Gasteiger partial charge < -0.3 is 0 Å². The highest BCUT2D eigenvalue weighted by Gasteiger charge is 2.54. The van der Waals surface area contributed by atoms with Crippen LogP contribution < -0.4 is 4.72 Å². The molecule has 86 valence electrons. The third-order valence-electron chi connectivity index (χ3n) is 3.64. The van der Waals surface area contributed by atoms with Crippen molar-refractivity contribution in [1.29, 1.82) is 0 Å². The minimum atomic E-state index is -3.30. The summed E-state index contributed by atoms with van der Waals surface area (Å²) in [7, 11) is -3.30. The highest BCUT2D eigenvalue weighted by atomic mass is 35.5. The Bertz CT molecular complexity index is 547. The van der Waals surface area contributed by atoms with E-state index in [0.29, 0.717) is 23.6 Å². The van der Waals surface area contributed by atoms with Crippen LogP contribution in [0.1, 0.15) is 31.2 Å². The van der Waals surface area contributed by atoms with Crippen molar-refractivity contribution < 1.29 is 8.42 Å². The van der Waals surface area contributed by atoms with Crippen molar-refractivity contribution in [3.8, 4) is 0 Å². The number of fused-ring (bicyclic) bond motifs is 2. The number of rotatable bonds is 0. The first-order valence-corrected chi connectivity index (χ1v) is 7.24. The quantitative estimate of drug-likeness (QED) is 0.777. The number of sulfonamides is 1. The summed E-state index contributed by atoms with van der Waals surface area (Å²) in [5.41, 5.74) is 1.45. The Hall–Kier alpha value is -0.740. The van der Waals surface area contributed by atoms with Gasteiger partial charge in [0.2, 0.25) is 10.0 Å². The predicted octanol–water partition coefficient (Wildman–Crippen LogP) is 2.86. The SMILES string of the molecule is O=S1(=O)Nc2cccc(Cl)c2C12CCCC2. The molecule has 1 aliphatic heterocycles. The average Bonchev–Trinajstić information content (AvgIpc) is 2.74. The highest BCUT2D eigenvalue weighted by Crippen LogP contribution is 2.54. The van der Waals surface area contributed by atoms with Crippen molar-refractivity contribution in [2.75, 3.05) is 4.72 Å². The Morgan fingerprint density at radius 2 is 1.94 bits per heavy atom. The molecule has 0 radical (unpaired) electrons. The van der Waals surface area contributed by atoms with Crippen LogP contribution in [0.4, 0.5) is 5.69 Å². The molecule has 1 aromatic rings. The van der Waals surface area contributed by atoms with Gasteiger partial charge in [0.05, 0.1) is 5.69 Å². The molecule has 0 amide bonds. The predicted molar refractivity (Wildman–Crippen MR) is 64.1 cm³/mol. The summed E-state index contributed by atoms with van der Waals surface area (Å²) >= 11 is 6.16. The number of hydrogen-bond acceptors (Lipinski definition) is 2. The fraction of sp³-hybridized carbons (Fsp3) is 0.455. The lowest BCUT2D eigenvalue weighted by atomic mass is 9.95. The van der Waals surface area contributed by atoms with Gasteiger partial charge in [-0.1, -0.05) is 30.5 Å². The summed E-state index contributed by atoms with van der Waals surface area (Å²) in [5, 5.41) is 0.563. The number of halogens is 1. The van der Waals surface area contributed by atoms with E-state index in [1.54, 1.807) is 18.2 Å². The van der Waals surface area contributed by atoms with Crippen LogP contribution in [0.25, 0.3) is 0 Å². The Kier molecular flexibility index (Phi) is 2.04. The molecule has 0 aromatic heterocycles. The Labute approximate surface area is 99.9 Å². The lowest BCUT2D eigenvalue weighted by molar-refractivity contribution is 0.537. The lowest BCUT2D eigenvalue weighted by Gasteiger charge is -2.22. The monoisotopic (exact) mass is 257 g/mol. The third kappa shape index (κ3) is 1.12. The zero-order chi connectivity index (χ0) is 11.4. The summed E-state index contributed by atoms with van der Waals surface area (Å²) in [6.45, 7) is 0. The molecule has 1 fully saturated rings. The Balaban J connectivity index is 2.33. The average molecular weight is 258 g/mol. The number of anilines is 1. The zero-order valence-corrected chi connectivity index (χ0v) is 10.2. The third-order valence-corrected chi connectivity index (χ3v) is 6.08. The molecule has 0 saturated heterocycles. The summed E-state index contributed by atoms with van der Waals surface area (Å²) < 4.78 is 26.3. The molecule has 0 bridgehead atoms. The Morgan fingerprint density at radius 1 is 1.25 bits per heavy atom. The van der Waals surface area contributed by atoms with Gasteiger partial charge in [0.15, 0.2) is 0 Å². The van der Waals surface area contributed by atoms with Crippen LogP contribution in [0.2, 0.25) is 5.02 Å². The summed E-state index contributed by atoms with van der Waals surface area (Å²) in [6.07, 6.45) is 3.26. The van der Waals surface area contributed by atoms with Crippen LogP contribution in [-0.2, 0) is 14.8 Å². The van der Waals surface area contributed by atoms with Gasteiger partial charge in [0, 0.05) is 10.6 Å². The van der Waals surface area contributed by atoms with Crippen LogP contribution in [-0.4, -0.2) is 8.42 Å². The second kappa shape index (κ2) is 3.14. The first kappa shape index (κ1) is 10.4. The summed E-state index contributed by atoms with van der Waals surface area (Å²) in [4.78, 5) is 0. The van der Waals surface area contributed by atoms with E-state index in [9.17, 15) is 8.42 Å². The maximum atomic E-state index is 12.2. The van der Waals surface area contributed by atoms with E-state index in [4.69, 9.17) is 11.6 Å². The van der Waals surface area contributed by atoms with Gasteiger partial charge in [-0.25, -0.2) is 8.42 Å². The molecule has 16 heavy (non-hydrogen) atoms. The molecule has 1 aliphatic carbocycles. The fourth-order valence-corrected chi connectivity index (χ4v) is 5.30. The van der Waals surface area contributed by atoms with Crippen LogP contribution >= 0.6 is 11.6 Å². The van der Waals surface area contributed by atoms with E-state index in [-0.39, 0.29) is 0 Å². The van der Waals surface area contributed by atoms with Crippen molar-refractivity contribution in [2.45, 2.75) is 30.4 Å². The molecule has 1 heterocycles. The minimum absolute atomic E-state index is 0.563. The molecule has 3 rings (SSSR count). The standard InChI is InChI=1S/C11H12ClNO2S/c12-8-4-3-5-9-10(8)11(6-1-2-7-11)16(14,15)13-9/h3-5,13H,1-2,6-7H2. The minimum Gasteiger partial charge on any atom is -0.282 e. The van der Waals surface area contributed by atoms with Crippen LogP contribution in [0.15, 0.2) is 18.2 Å². The van der Waals surface area contributed by atoms with Gasteiger partial charge in [-0.15, -0.1) is 0 Å².